The fraction of sp³-hybridized carbons (Fsp3) is 0.182. The van der Waals surface area contributed by atoms with Crippen molar-refractivity contribution in [1.29, 1.82) is 0 Å². The van der Waals surface area contributed by atoms with E-state index in [2.05, 4.69) is 25.9 Å². The Kier molecular flexibility index (Phi) is 5.59. The second-order valence-electron chi connectivity index (χ2n) is 7.31. The van der Waals surface area contributed by atoms with Crippen LogP contribution in [-0.2, 0) is 9.59 Å². The number of carbonyl (C=O) groups is 2. The van der Waals surface area contributed by atoms with Gasteiger partial charge in [0.2, 0.25) is 17.8 Å². The molecule has 0 saturated carbocycles. The van der Waals surface area contributed by atoms with Crippen LogP contribution in [0.1, 0.15) is 23.5 Å². The molecule has 4 rings (SSSR count). The van der Waals surface area contributed by atoms with Crippen LogP contribution < -0.4 is 26.2 Å². The zero-order valence-corrected chi connectivity index (χ0v) is 17.3. The van der Waals surface area contributed by atoms with Crippen LogP contribution in [0.15, 0.2) is 47.3 Å². The first-order valence-corrected chi connectivity index (χ1v) is 9.76. The van der Waals surface area contributed by atoms with Gasteiger partial charge in [-0.25, -0.2) is 4.39 Å². The molecular weight excluding hydrogens is 417 g/mol. The van der Waals surface area contributed by atoms with Crippen molar-refractivity contribution in [1.82, 2.24) is 9.97 Å². The van der Waals surface area contributed by atoms with Gasteiger partial charge in [-0.15, -0.1) is 0 Å². The highest BCUT2D eigenvalue weighted by Gasteiger charge is 2.35. The summed E-state index contributed by atoms with van der Waals surface area (Å²) < 4.78 is 18.4. The molecule has 2 aromatic carbocycles. The van der Waals surface area contributed by atoms with Gasteiger partial charge in [-0.1, -0.05) is 6.07 Å². The van der Waals surface area contributed by atoms with Crippen molar-refractivity contribution in [2.24, 2.45) is 0 Å². The fourth-order valence-corrected chi connectivity index (χ4v) is 3.46. The fourth-order valence-electron chi connectivity index (χ4n) is 3.46. The Balaban J connectivity index is 1.65. The van der Waals surface area contributed by atoms with E-state index in [1.54, 1.807) is 12.1 Å². The van der Waals surface area contributed by atoms with E-state index in [1.807, 2.05) is 13.0 Å². The van der Waals surface area contributed by atoms with Crippen LogP contribution in [-0.4, -0.2) is 28.9 Å². The first-order valence-electron chi connectivity index (χ1n) is 9.76. The maximum Gasteiger partial charge on any atom is 0.258 e. The molecule has 1 atom stereocenters. The lowest BCUT2D eigenvalue weighted by atomic mass is 9.92. The zero-order valence-electron chi connectivity index (χ0n) is 17.3. The highest BCUT2D eigenvalue weighted by atomic mass is 19.1. The summed E-state index contributed by atoms with van der Waals surface area (Å²) >= 11 is 0. The van der Waals surface area contributed by atoms with Gasteiger partial charge in [0.1, 0.15) is 17.4 Å². The van der Waals surface area contributed by atoms with Crippen LogP contribution in [0.3, 0.4) is 0 Å². The number of benzene rings is 2. The Hall–Kier alpha value is -4.21. The molecule has 0 aliphatic carbocycles. The average Bonchev–Trinajstić information content (AvgIpc) is 2.74. The van der Waals surface area contributed by atoms with Crippen molar-refractivity contribution in [3.05, 3.63) is 69.8 Å². The van der Waals surface area contributed by atoms with Crippen molar-refractivity contribution in [3.63, 3.8) is 0 Å². The summed E-state index contributed by atoms with van der Waals surface area (Å²) in [6.07, 6.45) is -0.206. The third kappa shape index (κ3) is 4.29. The van der Waals surface area contributed by atoms with Crippen molar-refractivity contribution in [2.45, 2.75) is 19.3 Å². The number of ether oxygens (including phenoxy) is 1. The molecule has 2 heterocycles. The summed E-state index contributed by atoms with van der Waals surface area (Å²) in [5, 5.41) is 8.13. The predicted molar refractivity (Wildman–Crippen MR) is 117 cm³/mol. The van der Waals surface area contributed by atoms with E-state index in [9.17, 15) is 18.8 Å². The van der Waals surface area contributed by atoms with Crippen LogP contribution in [0.2, 0.25) is 0 Å². The number of aromatic nitrogens is 2. The van der Waals surface area contributed by atoms with Crippen molar-refractivity contribution in [3.8, 4) is 5.75 Å². The number of carbonyl (C=O) groups excluding carboxylic acids is 2. The molecule has 1 aliphatic heterocycles. The number of aromatic amines is 1. The van der Waals surface area contributed by atoms with Gasteiger partial charge in [-0.3, -0.25) is 19.4 Å². The van der Waals surface area contributed by atoms with E-state index in [-0.39, 0.29) is 23.8 Å². The van der Waals surface area contributed by atoms with E-state index in [0.717, 1.165) is 5.56 Å². The Labute approximate surface area is 182 Å². The summed E-state index contributed by atoms with van der Waals surface area (Å²) in [7, 11) is 1.48. The lowest BCUT2D eigenvalue weighted by Crippen LogP contribution is -2.36. The molecule has 1 aliphatic rings. The van der Waals surface area contributed by atoms with Gasteiger partial charge in [-0.05, 0) is 48.9 Å². The number of halogens is 1. The zero-order chi connectivity index (χ0) is 22.8. The summed E-state index contributed by atoms with van der Waals surface area (Å²) in [6, 6.07) is 10.7. The number of methoxy groups -OCH3 is 1. The molecule has 0 unspecified atom stereocenters. The predicted octanol–water partition coefficient (Wildman–Crippen LogP) is 3.03. The molecule has 4 N–H and O–H groups in total. The van der Waals surface area contributed by atoms with Crippen molar-refractivity contribution in [2.75, 3.05) is 23.1 Å². The van der Waals surface area contributed by atoms with E-state index >= 15 is 0 Å². The summed E-state index contributed by atoms with van der Waals surface area (Å²) in [6.45, 7) is 1.86. The SMILES string of the molecule is COc1ccc(C)cc1NC(=O)[C@@H]1CC(=O)Nc2nc(Nc3ccc(F)cc3)[nH]c(=O)c21. The monoisotopic (exact) mass is 437 g/mol. The van der Waals surface area contributed by atoms with E-state index in [1.165, 1.54) is 31.4 Å². The molecule has 32 heavy (non-hydrogen) atoms. The normalized spacial score (nSPS) is 14.8. The first-order chi connectivity index (χ1) is 15.3. The summed E-state index contributed by atoms with van der Waals surface area (Å²) in [4.78, 5) is 44.9. The highest BCUT2D eigenvalue weighted by molar-refractivity contribution is 6.05. The third-order valence-corrected chi connectivity index (χ3v) is 4.99. The third-order valence-electron chi connectivity index (χ3n) is 4.99. The number of H-pyrrole nitrogens is 1. The lowest BCUT2D eigenvalue weighted by molar-refractivity contribution is -0.123. The number of aryl methyl sites for hydroxylation is 1. The van der Waals surface area contributed by atoms with Crippen LogP contribution in [0.25, 0.3) is 0 Å². The largest absolute Gasteiger partial charge is 0.495 e. The Morgan fingerprint density at radius 3 is 2.66 bits per heavy atom. The van der Waals surface area contributed by atoms with Crippen LogP contribution in [0, 0.1) is 12.7 Å². The molecule has 2 amide bonds. The van der Waals surface area contributed by atoms with Crippen molar-refractivity contribution >= 4 is 35.0 Å². The van der Waals surface area contributed by atoms with Gasteiger partial charge in [0, 0.05) is 12.1 Å². The second kappa shape index (κ2) is 8.50. The Bertz CT molecular complexity index is 1260. The molecule has 10 heteroatoms. The molecule has 0 spiro atoms. The van der Waals surface area contributed by atoms with Gasteiger partial charge < -0.3 is 20.7 Å². The molecule has 0 saturated heterocycles. The lowest BCUT2D eigenvalue weighted by Gasteiger charge is -2.24. The number of amides is 2. The maximum atomic E-state index is 13.1. The summed E-state index contributed by atoms with van der Waals surface area (Å²) in [5.74, 6) is -1.94. The van der Waals surface area contributed by atoms with Gasteiger partial charge in [-0.2, -0.15) is 4.98 Å². The standard InChI is InChI=1S/C22H20FN5O4/c1-11-3-8-16(32-2)15(9-11)25-20(30)14-10-17(29)26-19-18(14)21(31)28-22(27-19)24-13-6-4-12(23)5-7-13/h3-9,14H,10H2,1-2H3,(H,25,30)(H3,24,26,27,28,29,31)/t14-/m1/s1. The molecule has 3 aromatic rings. The molecule has 0 radical (unpaired) electrons. The van der Waals surface area contributed by atoms with Crippen LogP contribution >= 0.6 is 0 Å². The maximum absolute atomic E-state index is 13.1. The minimum atomic E-state index is -1.04. The van der Waals surface area contributed by atoms with Gasteiger partial charge in [0.25, 0.3) is 5.56 Å². The highest BCUT2D eigenvalue weighted by Crippen LogP contribution is 2.32. The Morgan fingerprint density at radius 1 is 1.19 bits per heavy atom. The molecular formula is C22H20FN5O4. The van der Waals surface area contributed by atoms with Gasteiger partial charge in [0.05, 0.1) is 24.3 Å². The minimum absolute atomic E-state index is 0.00836. The smallest absolute Gasteiger partial charge is 0.258 e. The summed E-state index contributed by atoms with van der Waals surface area (Å²) in [5.41, 5.74) is 1.30. The van der Waals surface area contributed by atoms with E-state index in [0.29, 0.717) is 17.1 Å². The van der Waals surface area contributed by atoms with Gasteiger partial charge in [0.15, 0.2) is 0 Å². The molecule has 0 bridgehead atoms. The molecule has 9 nitrogen and oxygen atoms in total. The quantitative estimate of drug-likeness (QED) is 0.486. The van der Waals surface area contributed by atoms with E-state index in [4.69, 9.17) is 4.74 Å². The topological polar surface area (TPSA) is 125 Å². The van der Waals surface area contributed by atoms with Crippen LogP contribution in [0.5, 0.6) is 5.75 Å². The number of hydrogen-bond donors (Lipinski definition) is 4. The number of nitrogens with one attached hydrogen (secondary N) is 4. The molecule has 0 fully saturated rings. The van der Waals surface area contributed by atoms with E-state index < -0.39 is 29.1 Å². The number of rotatable bonds is 5. The minimum Gasteiger partial charge on any atom is -0.495 e. The molecule has 1 aromatic heterocycles. The number of hydrogen-bond acceptors (Lipinski definition) is 6. The second-order valence-corrected chi connectivity index (χ2v) is 7.31. The Morgan fingerprint density at radius 2 is 1.94 bits per heavy atom. The van der Waals surface area contributed by atoms with Crippen molar-refractivity contribution < 1.29 is 18.7 Å². The number of fused-ring (bicyclic) bond motifs is 1. The van der Waals surface area contributed by atoms with Crippen LogP contribution in [0.4, 0.5) is 27.5 Å². The van der Waals surface area contributed by atoms with Gasteiger partial charge >= 0.3 is 0 Å². The number of nitrogens with zero attached hydrogens (tertiary/aromatic N) is 1. The first kappa shape index (κ1) is 21.0. The molecule has 164 valence electrons. The average molecular weight is 437 g/mol. The number of anilines is 4.